The lowest BCUT2D eigenvalue weighted by Gasteiger charge is -2.24. The average Bonchev–Trinajstić information content (AvgIpc) is 2.29. The third kappa shape index (κ3) is 5.13. The van der Waals surface area contributed by atoms with Gasteiger partial charge in [0.1, 0.15) is 6.04 Å². The lowest BCUT2D eigenvalue weighted by molar-refractivity contribution is -0.136. The van der Waals surface area contributed by atoms with Gasteiger partial charge in [0, 0.05) is 13.1 Å². The highest BCUT2D eigenvalue weighted by Gasteiger charge is 2.23. The Morgan fingerprint density at radius 1 is 1.22 bits per heavy atom. The molecule has 0 aliphatic rings. The maximum absolute atomic E-state index is 11.9. The number of rotatable bonds is 7. The first-order valence-corrected chi connectivity index (χ1v) is 5.96. The molecule has 0 aliphatic heterocycles. The van der Waals surface area contributed by atoms with Gasteiger partial charge in [-0.15, -0.1) is 0 Å². The molecule has 0 bridgehead atoms. The van der Waals surface area contributed by atoms with E-state index in [9.17, 15) is 14.4 Å². The number of hydrogen-bond acceptors (Lipinski definition) is 4. The second-order valence-electron chi connectivity index (χ2n) is 4.02. The highest BCUT2D eigenvalue weighted by Crippen LogP contribution is 1.96. The third-order valence-corrected chi connectivity index (χ3v) is 2.56. The molecule has 0 saturated carbocycles. The number of carbonyl (C=O) groups excluding carboxylic acids is 3. The minimum absolute atomic E-state index is 0.181. The van der Waals surface area contributed by atoms with Crippen LogP contribution >= 0.6 is 0 Å². The monoisotopic (exact) mass is 258 g/mol. The number of nitrogens with zero attached hydrogens (tertiary/aromatic N) is 1. The van der Waals surface area contributed by atoms with Crippen molar-refractivity contribution >= 4 is 17.7 Å². The predicted molar refractivity (Wildman–Crippen MR) is 67.3 cm³/mol. The Bertz CT molecular complexity index is 315. The van der Waals surface area contributed by atoms with E-state index < -0.39 is 23.9 Å². The van der Waals surface area contributed by atoms with Gasteiger partial charge in [0.25, 0.3) is 0 Å². The van der Waals surface area contributed by atoms with Gasteiger partial charge in [-0.05, 0) is 20.8 Å². The summed E-state index contributed by atoms with van der Waals surface area (Å²) in [6.07, 6.45) is -0.238. The second-order valence-corrected chi connectivity index (χ2v) is 4.02. The molecule has 2 atom stereocenters. The van der Waals surface area contributed by atoms with Crippen molar-refractivity contribution in [1.82, 2.24) is 10.2 Å². The van der Waals surface area contributed by atoms with Crippen LogP contribution in [0.3, 0.4) is 0 Å². The average molecular weight is 258 g/mol. The van der Waals surface area contributed by atoms with Gasteiger partial charge in [-0.3, -0.25) is 14.4 Å². The Kier molecular flexibility index (Phi) is 6.96. The number of amides is 3. The van der Waals surface area contributed by atoms with Crippen molar-refractivity contribution in [2.45, 2.75) is 39.3 Å². The number of carbonyl (C=O) groups is 3. The SMILES string of the molecule is CCN(CC)C(=O)C(C)NC(=O)C(N)CC(N)=O. The summed E-state index contributed by atoms with van der Waals surface area (Å²) >= 11 is 0. The van der Waals surface area contributed by atoms with E-state index in [1.165, 1.54) is 0 Å². The molecule has 0 aliphatic carbocycles. The topological polar surface area (TPSA) is 119 Å². The van der Waals surface area contributed by atoms with Gasteiger partial charge in [0.15, 0.2) is 0 Å². The van der Waals surface area contributed by atoms with Gasteiger partial charge in [-0.1, -0.05) is 0 Å². The molecule has 0 rings (SSSR count). The Morgan fingerprint density at radius 2 is 1.72 bits per heavy atom. The Balaban J connectivity index is 4.38. The zero-order valence-electron chi connectivity index (χ0n) is 11.1. The Morgan fingerprint density at radius 3 is 2.11 bits per heavy atom. The Labute approximate surface area is 107 Å². The van der Waals surface area contributed by atoms with Crippen LogP contribution in [0.2, 0.25) is 0 Å². The lowest BCUT2D eigenvalue weighted by atomic mass is 10.2. The first-order valence-electron chi connectivity index (χ1n) is 5.96. The van der Waals surface area contributed by atoms with E-state index in [0.29, 0.717) is 13.1 Å². The van der Waals surface area contributed by atoms with Crippen molar-refractivity contribution in [2.24, 2.45) is 11.5 Å². The molecule has 5 N–H and O–H groups in total. The fourth-order valence-corrected chi connectivity index (χ4v) is 1.50. The fourth-order valence-electron chi connectivity index (χ4n) is 1.50. The molecule has 2 unspecified atom stereocenters. The predicted octanol–water partition coefficient (Wildman–Crippen LogP) is -1.44. The minimum Gasteiger partial charge on any atom is -0.370 e. The molecule has 104 valence electrons. The first-order chi connectivity index (χ1) is 8.33. The second kappa shape index (κ2) is 7.65. The summed E-state index contributed by atoms with van der Waals surface area (Å²) in [4.78, 5) is 35.7. The summed E-state index contributed by atoms with van der Waals surface area (Å²) in [7, 11) is 0. The van der Waals surface area contributed by atoms with Crippen LogP contribution in [-0.2, 0) is 14.4 Å². The molecule has 0 aromatic rings. The van der Waals surface area contributed by atoms with Crippen LogP contribution in [0.1, 0.15) is 27.2 Å². The molecule has 18 heavy (non-hydrogen) atoms. The van der Waals surface area contributed by atoms with Crippen LogP contribution in [0, 0.1) is 0 Å². The molecule has 0 fully saturated rings. The molecule has 0 radical (unpaired) electrons. The van der Waals surface area contributed by atoms with Crippen molar-refractivity contribution in [3.63, 3.8) is 0 Å². The van der Waals surface area contributed by atoms with Crippen LogP contribution < -0.4 is 16.8 Å². The van der Waals surface area contributed by atoms with Gasteiger partial charge in [0.2, 0.25) is 17.7 Å². The van der Waals surface area contributed by atoms with E-state index in [2.05, 4.69) is 5.32 Å². The number of primary amides is 1. The highest BCUT2D eigenvalue weighted by atomic mass is 16.2. The maximum atomic E-state index is 11.9. The fraction of sp³-hybridized carbons (Fsp3) is 0.727. The molecule has 0 aromatic heterocycles. The Hall–Kier alpha value is -1.63. The zero-order chi connectivity index (χ0) is 14.3. The quantitative estimate of drug-likeness (QED) is 0.518. The van der Waals surface area contributed by atoms with Crippen molar-refractivity contribution in [3.05, 3.63) is 0 Å². The molecular weight excluding hydrogens is 236 g/mol. The molecule has 7 heteroatoms. The van der Waals surface area contributed by atoms with E-state index in [0.717, 1.165) is 0 Å². The summed E-state index contributed by atoms with van der Waals surface area (Å²) in [6, 6.07) is -1.69. The molecular formula is C11H22N4O3. The summed E-state index contributed by atoms with van der Waals surface area (Å²) in [5.74, 6) is -1.39. The summed E-state index contributed by atoms with van der Waals surface area (Å²) in [5.41, 5.74) is 10.4. The van der Waals surface area contributed by atoms with Crippen LogP contribution in [0.5, 0.6) is 0 Å². The van der Waals surface area contributed by atoms with Crippen molar-refractivity contribution in [1.29, 1.82) is 0 Å². The zero-order valence-corrected chi connectivity index (χ0v) is 11.1. The van der Waals surface area contributed by atoms with Gasteiger partial charge in [-0.2, -0.15) is 0 Å². The van der Waals surface area contributed by atoms with Crippen molar-refractivity contribution < 1.29 is 14.4 Å². The molecule has 0 aromatic carbocycles. The number of likely N-dealkylation sites (N-methyl/N-ethyl adjacent to an activating group) is 1. The lowest BCUT2D eigenvalue weighted by Crippen LogP contribution is -2.52. The molecule has 0 heterocycles. The van der Waals surface area contributed by atoms with E-state index >= 15 is 0 Å². The van der Waals surface area contributed by atoms with E-state index in [1.54, 1.807) is 11.8 Å². The molecule has 0 saturated heterocycles. The van der Waals surface area contributed by atoms with Crippen LogP contribution in [0.25, 0.3) is 0 Å². The number of nitrogens with one attached hydrogen (secondary N) is 1. The molecule has 7 nitrogen and oxygen atoms in total. The highest BCUT2D eigenvalue weighted by molar-refractivity contribution is 5.91. The number of hydrogen-bond donors (Lipinski definition) is 3. The van der Waals surface area contributed by atoms with Gasteiger partial charge in [-0.25, -0.2) is 0 Å². The van der Waals surface area contributed by atoms with Gasteiger partial charge < -0.3 is 21.7 Å². The van der Waals surface area contributed by atoms with Crippen molar-refractivity contribution in [2.75, 3.05) is 13.1 Å². The summed E-state index contributed by atoms with van der Waals surface area (Å²) in [6.45, 7) is 6.44. The first kappa shape index (κ1) is 16.4. The van der Waals surface area contributed by atoms with Crippen LogP contribution in [-0.4, -0.2) is 47.8 Å². The smallest absolute Gasteiger partial charge is 0.244 e. The summed E-state index contributed by atoms with van der Waals surface area (Å²) in [5, 5.41) is 2.47. The minimum atomic E-state index is -1.02. The largest absolute Gasteiger partial charge is 0.370 e. The van der Waals surface area contributed by atoms with E-state index in [4.69, 9.17) is 11.5 Å². The van der Waals surface area contributed by atoms with Crippen LogP contribution in [0.15, 0.2) is 0 Å². The third-order valence-electron chi connectivity index (χ3n) is 2.56. The molecule has 3 amide bonds. The normalized spacial score (nSPS) is 13.6. The molecule has 0 spiro atoms. The van der Waals surface area contributed by atoms with Crippen LogP contribution in [0.4, 0.5) is 0 Å². The van der Waals surface area contributed by atoms with Crippen molar-refractivity contribution in [3.8, 4) is 0 Å². The van der Waals surface area contributed by atoms with Gasteiger partial charge in [0.05, 0.1) is 12.5 Å². The standard InChI is InChI=1S/C11H22N4O3/c1-4-15(5-2)11(18)7(3)14-10(17)8(12)6-9(13)16/h7-8H,4-6,12H2,1-3H3,(H2,13,16)(H,14,17). The van der Waals surface area contributed by atoms with E-state index in [-0.39, 0.29) is 12.3 Å². The maximum Gasteiger partial charge on any atom is 0.244 e. The summed E-state index contributed by atoms with van der Waals surface area (Å²) < 4.78 is 0. The van der Waals surface area contributed by atoms with E-state index in [1.807, 2.05) is 13.8 Å². The van der Waals surface area contributed by atoms with Gasteiger partial charge >= 0.3 is 0 Å². The number of nitrogens with two attached hydrogens (primary N) is 2.